The lowest BCUT2D eigenvalue weighted by molar-refractivity contribution is -0.138. The van der Waals surface area contributed by atoms with Gasteiger partial charge in [-0.3, -0.25) is 14.5 Å². The Morgan fingerprint density at radius 1 is 1.34 bits per heavy atom. The molecule has 0 aromatic heterocycles. The Morgan fingerprint density at radius 2 is 2.09 bits per heavy atom. The number of nitrogens with one attached hydrogen (secondary N) is 2. The van der Waals surface area contributed by atoms with E-state index >= 15 is 0 Å². The minimum atomic E-state index is -0.920. The van der Waals surface area contributed by atoms with Crippen molar-refractivity contribution in [2.24, 2.45) is 0 Å². The van der Waals surface area contributed by atoms with E-state index in [9.17, 15) is 18.4 Å². The fourth-order valence-electron chi connectivity index (χ4n) is 4.99. The van der Waals surface area contributed by atoms with Gasteiger partial charge in [-0.2, -0.15) is 0 Å². The minimum absolute atomic E-state index is 0.0235. The van der Waals surface area contributed by atoms with Gasteiger partial charge in [0.1, 0.15) is 17.5 Å². The number of aryl methyl sites for hydroxylation is 1. The maximum Gasteiger partial charge on any atom is 0.258 e. The summed E-state index contributed by atoms with van der Waals surface area (Å²) in [5.74, 6) is -1.81. The molecule has 6 nitrogen and oxygen atoms in total. The molecule has 2 aliphatic heterocycles. The highest BCUT2D eigenvalue weighted by Gasteiger charge is 2.42. The molecule has 2 N–H and O–H groups in total. The predicted molar refractivity (Wildman–Crippen MR) is 138 cm³/mol. The van der Waals surface area contributed by atoms with Crippen LogP contribution in [0.2, 0.25) is 0 Å². The average molecular weight is 595 g/mol. The summed E-state index contributed by atoms with van der Waals surface area (Å²) < 4.78 is 34.1. The molecular weight excluding hydrogens is 567 g/mol. The highest BCUT2D eigenvalue weighted by atomic mass is 127. The van der Waals surface area contributed by atoms with Gasteiger partial charge in [0, 0.05) is 22.3 Å². The second-order valence-electron chi connectivity index (χ2n) is 9.40. The number of benzene rings is 2. The Balaban J connectivity index is 1.58. The fourth-order valence-corrected chi connectivity index (χ4v) is 6.08. The van der Waals surface area contributed by atoms with Crippen molar-refractivity contribution < 1.29 is 23.1 Å². The Labute approximate surface area is 217 Å². The Morgan fingerprint density at radius 3 is 2.74 bits per heavy atom. The van der Waals surface area contributed by atoms with Gasteiger partial charge < -0.3 is 15.4 Å². The van der Waals surface area contributed by atoms with Crippen LogP contribution in [0.25, 0.3) is 0 Å². The van der Waals surface area contributed by atoms with E-state index in [1.807, 2.05) is 19.9 Å². The molecule has 2 heterocycles. The number of anilines is 1. The fraction of sp³-hybridized carbons (Fsp3) is 0.385. The molecule has 0 aliphatic carbocycles. The first-order valence-corrected chi connectivity index (χ1v) is 12.5. The molecule has 186 valence electrons. The summed E-state index contributed by atoms with van der Waals surface area (Å²) >= 11 is 2.11. The van der Waals surface area contributed by atoms with Crippen LogP contribution in [0, 0.1) is 22.1 Å². The van der Waals surface area contributed by atoms with Gasteiger partial charge in [0.25, 0.3) is 5.91 Å². The summed E-state index contributed by atoms with van der Waals surface area (Å²) in [4.78, 5) is 27.9. The molecule has 2 fully saturated rings. The molecule has 9 heteroatoms. The van der Waals surface area contributed by atoms with E-state index in [2.05, 4.69) is 39.8 Å². The summed E-state index contributed by atoms with van der Waals surface area (Å²) in [7, 11) is 0. The number of carbonyl (C=O) groups is 2. The summed E-state index contributed by atoms with van der Waals surface area (Å²) in [6, 6.07) is 7.22. The van der Waals surface area contributed by atoms with Crippen LogP contribution in [-0.4, -0.2) is 35.5 Å². The van der Waals surface area contributed by atoms with Crippen molar-refractivity contribution in [1.82, 2.24) is 10.2 Å². The van der Waals surface area contributed by atoms with E-state index in [4.69, 9.17) is 4.74 Å². The molecule has 4 rings (SSSR count). The number of halogens is 3. The number of nitrogens with zero attached hydrogens (tertiary/aromatic N) is 1. The summed E-state index contributed by atoms with van der Waals surface area (Å²) in [5, 5.41) is 6.17. The van der Waals surface area contributed by atoms with Gasteiger partial charge in [0.2, 0.25) is 5.91 Å². The number of hydrogen-bond donors (Lipinski definition) is 2. The van der Waals surface area contributed by atoms with E-state index in [1.165, 1.54) is 6.92 Å². The van der Waals surface area contributed by atoms with Gasteiger partial charge in [0.05, 0.1) is 29.3 Å². The van der Waals surface area contributed by atoms with Crippen LogP contribution in [0.5, 0.6) is 0 Å². The Hall–Kier alpha value is -2.53. The molecule has 2 aliphatic rings. The van der Waals surface area contributed by atoms with E-state index in [0.29, 0.717) is 27.8 Å². The van der Waals surface area contributed by atoms with Crippen molar-refractivity contribution in [3.8, 4) is 0 Å². The third-order valence-corrected chi connectivity index (χ3v) is 7.79. The van der Waals surface area contributed by atoms with Crippen molar-refractivity contribution in [2.75, 3.05) is 11.9 Å². The molecule has 0 spiro atoms. The molecule has 0 bridgehead atoms. The van der Waals surface area contributed by atoms with E-state index in [0.717, 1.165) is 24.5 Å². The molecule has 1 unspecified atom stereocenters. The molecule has 2 aromatic rings. The smallest absolute Gasteiger partial charge is 0.258 e. The van der Waals surface area contributed by atoms with Crippen molar-refractivity contribution >= 4 is 40.1 Å². The summed E-state index contributed by atoms with van der Waals surface area (Å²) in [6.07, 6.45) is 1.79. The van der Waals surface area contributed by atoms with E-state index in [-0.39, 0.29) is 35.6 Å². The molecule has 3 atom stereocenters. The molecule has 2 aromatic carbocycles. The zero-order valence-corrected chi connectivity index (χ0v) is 22.0. The predicted octanol–water partition coefficient (Wildman–Crippen LogP) is 5.21. The van der Waals surface area contributed by atoms with Crippen LogP contribution in [0.1, 0.15) is 54.6 Å². The normalized spacial score (nSPS) is 24.8. The third kappa shape index (κ3) is 5.06. The number of ether oxygens (including phenoxy) is 1. The molecule has 2 saturated heterocycles. The van der Waals surface area contributed by atoms with Crippen LogP contribution >= 0.6 is 22.6 Å². The molecule has 35 heavy (non-hydrogen) atoms. The van der Waals surface area contributed by atoms with Gasteiger partial charge in [-0.25, -0.2) is 8.78 Å². The first kappa shape index (κ1) is 25.6. The number of amides is 2. The lowest BCUT2D eigenvalue weighted by Gasteiger charge is -2.46. The van der Waals surface area contributed by atoms with Crippen LogP contribution < -0.4 is 10.6 Å². The van der Waals surface area contributed by atoms with Crippen LogP contribution in [0.15, 0.2) is 42.7 Å². The molecular formula is C26H28F2IN3O3. The van der Waals surface area contributed by atoms with E-state index in [1.54, 1.807) is 17.0 Å². The quantitative estimate of drug-likeness (QED) is 0.477. The van der Waals surface area contributed by atoms with Gasteiger partial charge in [-0.15, -0.1) is 0 Å². The third-order valence-electron chi connectivity index (χ3n) is 6.63. The highest BCUT2D eigenvalue weighted by molar-refractivity contribution is 14.1. The summed E-state index contributed by atoms with van der Waals surface area (Å²) in [6.45, 7) is 10.2. The standard InChI is InChI=1S/C26H28F2IN3O3/c1-14-10-17(27)12-20(28)23(14)25(34)30-21-7-5-6-19(24(21)29)26(4)13-22(33)32(16(3)31-26)18-8-9-35-15(2)11-18/h5-7,10,12,15,18,31H,3,8-9,11,13H2,1-2,4H3,(H,30,34)/t15?,18-,26+/m1/s1. The lowest BCUT2D eigenvalue weighted by Crippen LogP contribution is -2.57. The van der Waals surface area contributed by atoms with Gasteiger partial charge in [0.15, 0.2) is 0 Å². The maximum atomic E-state index is 14.3. The Kier molecular flexibility index (Phi) is 7.19. The van der Waals surface area contributed by atoms with Crippen molar-refractivity contribution in [2.45, 2.75) is 57.7 Å². The maximum absolute atomic E-state index is 14.3. The topological polar surface area (TPSA) is 70.7 Å². The van der Waals surface area contributed by atoms with Crippen LogP contribution in [0.3, 0.4) is 0 Å². The van der Waals surface area contributed by atoms with Gasteiger partial charge in [-0.1, -0.05) is 18.7 Å². The Bertz CT molecular complexity index is 1160. The first-order valence-electron chi connectivity index (χ1n) is 11.5. The van der Waals surface area contributed by atoms with E-state index < -0.39 is 23.1 Å². The second kappa shape index (κ2) is 9.85. The average Bonchev–Trinajstić information content (AvgIpc) is 2.74. The monoisotopic (exact) mass is 595 g/mol. The molecule has 0 radical (unpaired) electrons. The van der Waals surface area contributed by atoms with Crippen LogP contribution in [0.4, 0.5) is 14.5 Å². The first-order chi connectivity index (χ1) is 16.5. The largest absolute Gasteiger partial charge is 0.378 e. The van der Waals surface area contributed by atoms with Crippen molar-refractivity contribution in [1.29, 1.82) is 0 Å². The zero-order valence-electron chi connectivity index (χ0n) is 19.9. The number of carbonyl (C=O) groups excluding carboxylic acids is 2. The van der Waals surface area contributed by atoms with Gasteiger partial charge in [-0.05, 0) is 79.5 Å². The highest BCUT2D eigenvalue weighted by Crippen LogP contribution is 2.38. The summed E-state index contributed by atoms with van der Waals surface area (Å²) in [5.41, 5.74) is 0.520. The zero-order chi connectivity index (χ0) is 25.5. The number of rotatable bonds is 4. The van der Waals surface area contributed by atoms with Crippen molar-refractivity contribution in [3.05, 3.63) is 74.6 Å². The minimum Gasteiger partial charge on any atom is -0.378 e. The number of hydrogen-bond acceptors (Lipinski definition) is 4. The van der Waals surface area contributed by atoms with Crippen LogP contribution in [-0.2, 0) is 15.1 Å². The molecule has 2 amide bonds. The SMILES string of the molecule is C=C1N[C@](C)(c2cccc(NC(=O)c3c(C)cc(F)cc3F)c2I)CC(=O)N1[C@@H]1CCOC(C)C1. The van der Waals surface area contributed by atoms with Gasteiger partial charge >= 0.3 is 0 Å². The second-order valence-corrected chi connectivity index (χ2v) is 10.5. The van der Waals surface area contributed by atoms with Crippen molar-refractivity contribution in [3.63, 3.8) is 0 Å². The molecule has 0 saturated carbocycles. The lowest BCUT2D eigenvalue weighted by atomic mass is 9.85.